The van der Waals surface area contributed by atoms with Crippen molar-refractivity contribution in [2.75, 3.05) is 14.2 Å². The number of methoxy groups -OCH3 is 1. The molecule has 4 rings (SSSR count). The molecule has 1 amide bonds. The minimum Gasteiger partial charge on any atom is -0.495 e. The van der Waals surface area contributed by atoms with E-state index in [0.717, 1.165) is 5.56 Å². The maximum Gasteiger partial charge on any atom is 0.266 e. The molecule has 0 spiro atoms. The molecule has 0 N–H and O–H groups in total. The number of fused-ring (bicyclic) bond motifs is 1. The first-order valence-corrected chi connectivity index (χ1v) is 10.9. The number of hydrogen-bond donors (Lipinski definition) is 0. The van der Waals surface area contributed by atoms with Gasteiger partial charge in [-0.1, -0.05) is 48.9 Å². The average Bonchev–Trinajstić information content (AvgIpc) is 2.84. The second-order valence-corrected chi connectivity index (χ2v) is 8.01. The van der Waals surface area contributed by atoms with E-state index in [1.54, 1.807) is 29.7 Å². The lowest BCUT2D eigenvalue weighted by atomic mass is 10.1. The average molecular weight is 442 g/mol. The summed E-state index contributed by atoms with van der Waals surface area (Å²) >= 11 is 0. The fourth-order valence-corrected chi connectivity index (χ4v) is 4.09. The molecule has 0 aliphatic carbocycles. The Morgan fingerprint density at radius 3 is 2.39 bits per heavy atom. The summed E-state index contributed by atoms with van der Waals surface area (Å²) in [4.78, 5) is 33.6. The van der Waals surface area contributed by atoms with Crippen molar-refractivity contribution in [3.05, 3.63) is 100 Å². The minimum atomic E-state index is -0.430. The van der Waals surface area contributed by atoms with E-state index in [4.69, 9.17) is 9.72 Å². The number of aryl methyl sites for hydroxylation is 1. The number of aromatic nitrogens is 2. The number of ether oxygens (including phenoxy) is 1. The third-order valence-corrected chi connectivity index (χ3v) is 5.90. The van der Waals surface area contributed by atoms with Gasteiger partial charge < -0.3 is 9.64 Å². The number of benzene rings is 3. The van der Waals surface area contributed by atoms with Crippen molar-refractivity contribution in [1.82, 2.24) is 14.5 Å². The predicted molar refractivity (Wildman–Crippen MR) is 130 cm³/mol. The lowest BCUT2D eigenvalue weighted by Crippen LogP contribution is -2.36. The summed E-state index contributed by atoms with van der Waals surface area (Å²) in [6.45, 7) is 3.97. The van der Waals surface area contributed by atoms with Gasteiger partial charge in [-0.15, -0.1) is 0 Å². The zero-order chi connectivity index (χ0) is 23.5. The maximum atomic E-state index is 13.7. The van der Waals surface area contributed by atoms with E-state index < -0.39 is 6.04 Å². The molecule has 3 aromatic carbocycles. The fraction of sp³-hybridized carbons (Fsp3) is 0.222. The summed E-state index contributed by atoms with van der Waals surface area (Å²) in [5.74, 6) is 0.921. The Balaban J connectivity index is 1.93. The van der Waals surface area contributed by atoms with Gasteiger partial charge in [0.15, 0.2) is 0 Å². The van der Waals surface area contributed by atoms with Crippen LogP contribution in [0, 0.1) is 6.92 Å². The van der Waals surface area contributed by atoms with Crippen LogP contribution in [0.2, 0.25) is 0 Å². The summed E-state index contributed by atoms with van der Waals surface area (Å²) in [7, 11) is 3.33. The Hall–Kier alpha value is -3.93. The number of amides is 1. The van der Waals surface area contributed by atoms with E-state index in [9.17, 15) is 9.59 Å². The summed E-state index contributed by atoms with van der Waals surface area (Å²) in [6.07, 6.45) is 0.577. The summed E-state index contributed by atoms with van der Waals surface area (Å²) in [5, 5.41) is 0.509. The number of para-hydroxylation sites is 3. The summed E-state index contributed by atoms with van der Waals surface area (Å²) in [6, 6.07) is 21.7. The normalized spacial score (nSPS) is 11.9. The number of rotatable bonds is 6. The second kappa shape index (κ2) is 9.28. The van der Waals surface area contributed by atoms with Crippen molar-refractivity contribution in [3.8, 4) is 11.4 Å². The monoisotopic (exact) mass is 441 g/mol. The summed E-state index contributed by atoms with van der Waals surface area (Å²) < 4.78 is 7.13. The lowest BCUT2D eigenvalue weighted by Gasteiger charge is -2.29. The molecule has 168 valence electrons. The highest BCUT2D eigenvalue weighted by Gasteiger charge is 2.28. The fourth-order valence-electron chi connectivity index (χ4n) is 4.09. The topological polar surface area (TPSA) is 64.4 Å². The predicted octanol–water partition coefficient (Wildman–Crippen LogP) is 4.93. The largest absolute Gasteiger partial charge is 0.495 e. The van der Waals surface area contributed by atoms with Crippen molar-refractivity contribution >= 4 is 16.8 Å². The first-order chi connectivity index (χ1) is 16.0. The van der Waals surface area contributed by atoms with Crippen molar-refractivity contribution in [2.24, 2.45) is 0 Å². The van der Waals surface area contributed by atoms with Crippen LogP contribution in [-0.4, -0.2) is 34.5 Å². The highest BCUT2D eigenvalue weighted by atomic mass is 16.5. The zero-order valence-corrected chi connectivity index (χ0v) is 19.3. The molecule has 1 heterocycles. The van der Waals surface area contributed by atoms with Gasteiger partial charge in [0.1, 0.15) is 11.6 Å². The third kappa shape index (κ3) is 4.12. The molecule has 0 bridgehead atoms. The standard InChI is InChI=1S/C27H27N3O3/c1-5-22(29(3)26(31)19-16-14-18(2)15-17-19)25-28-21-11-7-6-10-20(21)27(32)30(25)23-12-8-9-13-24(23)33-4/h6-17,22H,5H2,1-4H3. The lowest BCUT2D eigenvalue weighted by molar-refractivity contribution is 0.0717. The van der Waals surface area contributed by atoms with Gasteiger partial charge in [-0.05, 0) is 49.7 Å². The molecule has 0 fully saturated rings. The number of nitrogens with zero attached hydrogens (tertiary/aromatic N) is 3. The molecule has 0 aliphatic heterocycles. The van der Waals surface area contributed by atoms with Gasteiger partial charge in [0.05, 0.1) is 29.7 Å². The van der Waals surface area contributed by atoms with Gasteiger partial charge in [-0.25, -0.2) is 4.98 Å². The molecule has 1 aromatic heterocycles. The molecular weight excluding hydrogens is 414 g/mol. The highest BCUT2D eigenvalue weighted by molar-refractivity contribution is 5.94. The quantitative estimate of drug-likeness (QED) is 0.426. The van der Waals surface area contributed by atoms with Gasteiger partial charge in [0, 0.05) is 12.6 Å². The van der Waals surface area contributed by atoms with Crippen molar-refractivity contribution in [2.45, 2.75) is 26.3 Å². The maximum absolute atomic E-state index is 13.7. The van der Waals surface area contributed by atoms with Crippen molar-refractivity contribution in [1.29, 1.82) is 0 Å². The van der Waals surface area contributed by atoms with E-state index in [1.165, 1.54) is 0 Å². The molecule has 4 aromatic rings. The highest BCUT2D eigenvalue weighted by Crippen LogP contribution is 2.29. The Labute approximate surface area is 193 Å². The molecule has 0 saturated carbocycles. The van der Waals surface area contributed by atoms with Crippen LogP contribution in [0.5, 0.6) is 5.75 Å². The van der Waals surface area contributed by atoms with E-state index in [-0.39, 0.29) is 11.5 Å². The van der Waals surface area contributed by atoms with Crippen LogP contribution < -0.4 is 10.3 Å². The number of hydrogen-bond acceptors (Lipinski definition) is 4. The summed E-state index contributed by atoms with van der Waals surface area (Å²) in [5.41, 5.74) is 2.66. The van der Waals surface area contributed by atoms with Crippen LogP contribution in [0.1, 0.15) is 41.1 Å². The molecule has 33 heavy (non-hydrogen) atoms. The number of carbonyl (C=O) groups excluding carboxylic acids is 1. The van der Waals surface area contributed by atoms with E-state index in [1.807, 2.05) is 80.6 Å². The third-order valence-electron chi connectivity index (χ3n) is 5.90. The Morgan fingerprint density at radius 2 is 1.70 bits per heavy atom. The zero-order valence-electron chi connectivity index (χ0n) is 19.3. The minimum absolute atomic E-state index is 0.129. The molecule has 0 aliphatic rings. The van der Waals surface area contributed by atoms with E-state index in [2.05, 4.69) is 0 Å². The second-order valence-electron chi connectivity index (χ2n) is 8.01. The Kier molecular flexibility index (Phi) is 6.27. The van der Waals surface area contributed by atoms with Gasteiger partial charge in [-0.3, -0.25) is 14.2 Å². The van der Waals surface area contributed by atoms with Gasteiger partial charge >= 0.3 is 0 Å². The van der Waals surface area contributed by atoms with Crippen LogP contribution in [0.25, 0.3) is 16.6 Å². The van der Waals surface area contributed by atoms with Crippen molar-refractivity contribution < 1.29 is 9.53 Å². The Bertz CT molecular complexity index is 1360. The van der Waals surface area contributed by atoms with Gasteiger partial charge in [0.2, 0.25) is 0 Å². The van der Waals surface area contributed by atoms with Gasteiger partial charge in [0.25, 0.3) is 11.5 Å². The molecule has 6 heteroatoms. The van der Waals surface area contributed by atoms with Crippen LogP contribution >= 0.6 is 0 Å². The molecule has 1 unspecified atom stereocenters. The van der Waals surface area contributed by atoms with E-state index >= 15 is 0 Å². The first-order valence-electron chi connectivity index (χ1n) is 10.9. The molecule has 1 atom stereocenters. The Morgan fingerprint density at radius 1 is 1.03 bits per heavy atom. The molecule has 6 nitrogen and oxygen atoms in total. The van der Waals surface area contributed by atoms with Crippen molar-refractivity contribution in [3.63, 3.8) is 0 Å². The number of carbonyl (C=O) groups is 1. The van der Waals surface area contributed by atoms with Gasteiger partial charge in [-0.2, -0.15) is 0 Å². The smallest absolute Gasteiger partial charge is 0.266 e. The van der Waals surface area contributed by atoms with Crippen LogP contribution in [-0.2, 0) is 0 Å². The molecular formula is C27H27N3O3. The van der Waals surface area contributed by atoms with Crippen LogP contribution in [0.3, 0.4) is 0 Å². The van der Waals surface area contributed by atoms with E-state index in [0.29, 0.717) is 40.1 Å². The SMILES string of the molecule is CCC(c1nc2ccccc2c(=O)n1-c1ccccc1OC)N(C)C(=O)c1ccc(C)cc1. The van der Waals surface area contributed by atoms with Crippen LogP contribution in [0.15, 0.2) is 77.6 Å². The van der Waals surface area contributed by atoms with Crippen LogP contribution in [0.4, 0.5) is 0 Å². The molecule has 0 radical (unpaired) electrons. The first kappa shape index (κ1) is 22.3. The molecule has 0 saturated heterocycles.